The molecule has 2 N–H and O–H groups in total. The SMILES string of the molecule is CN=CC(CC1CCNC1=O)NC(=O)C1CC2(CC2)CN1C(=O)OC1CCN(C)CC1. The summed E-state index contributed by atoms with van der Waals surface area (Å²) >= 11 is 0. The van der Waals surface area contributed by atoms with Crippen LogP contribution in [0.2, 0.25) is 0 Å². The highest BCUT2D eigenvalue weighted by molar-refractivity contribution is 5.89. The number of hydrogen-bond donors (Lipinski definition) is 2. The molecular formula is C22H35N5O4. The molecule has 4 rings (SSSR count). The van der Waals surface area contributed by atoms with Gasteiger partial charge < -0.3 is 20.3 Å². The third-order valence-electron chi connectivity index (χ3n) is 7.29. The molecule has 0 bridgehead atoms. The highest BCUT2D eigenvalue weighted by atomic mass is 16.6. The van der Waals surface area contributed by atoms with Gasteiger partial charge in [-0.15, -0.1) is 0 Å². The van der Waals surface area contributed by atoms with Crippen LogP contribution in [0, 0.1) is 11.3 Å². The van der Waals surface area contributed by atoms with E-state index in [-0.39, 0.29) is 41.4 Å². The Labute approximate surface area is 183 Å². The number of rotatable bonds is 6. The molecule has 9 nitrogen and oxygen atoms in total. The average molecular weight is 434 g/mol. The van der Waals surface area contributed by atoms with Crippen molar-refractivity contribution >= 4 is 24.1 Å². The lowest BCUT2D eigenvalue weighted by Crippen LogP contribution is -2.50. The third kappa shape index (κ3) is 5.19. The van der Waals surface area contributed by atoms with E-state index in [0.29, 0.717) is 25.9 Å². The molecule has 31 heavy (non-hydrogen) atoms. The Morgan fingerprint density at radius 3 is 2.68 bits per heavy atom. The maximum absolute atomic E-state index is 13.2. The maximum atomic E-state index is 13.2. The first kappa shape index (κ1) is 22.0. The number of amides is 3. The lowest BCUT2D eigenvalue weighted by atomic mass is 9.98. The Hall–Kier alpha value is -2.16. The van der Waals surface area contributed by atoms with Gasteiger partial charge in [0.15, 0.2) is 0 Å². The molecule has 0 aromatic rings. The standard InChI is InChI=1S/C22H35N5O4/c1-23-13-16(11-15-3-8-24-19(15)28)25-20(29)18-12-22(6-7-22)14-27(18)21(30)31-17-4-9-26(2)10-5-17/h13,15-18H,3-12,14H2,1-2H3,(H,24,28)(H,25,29). The summed E-state index contributed by atoms with van der Waals surface area (Å²) in [6, 6.07) is -0.847. The van der Waals surface area contributed by atoms with E-state index >= 15 is 0 Å². The first-order chi connectivity index (χ1) is 14.9. The first-order valence-corrected chi connectivity index (χ1v) is 11.6. The van der Waals surface area contributed by atoms with Crippen molar-refractivity contribution in [1.82, 2.24) is 20.4 Å². The molecule has 3 amide bonds. The number of hydrogen-bond acceptors (Lipinski definition) is 6. The van der Waals surface area contributed by atoms with Gasteiger partial charge in [-0.25, -0.2) is 4.79 Å². The van der Waals surface area contributed by atoms with Crippen molar-refractivity contribution in [3.63, 3.8) is 0 Å². The van der Waals surface area contributed by atoms with Crippen molar-refractivity contribution in [2.75, 3.05) is 40.3 Å². The fraction of sp³-hybridized carbons (Fsp3) is 0.818. The molecule has 172 valence electrons. The van der Waals surface area contributed by atoms with Gasteiger partial charge in [-0.1, -0.05) is 0 Å². The predicted molar refractivity (Wildman–Crippen MR) is 116 cm³/mol. The third-order valence-corrected chi connectivity index (χ3v) is 7.29. The molecule has 3 atom stereocenters. The van der Waals surface area contributed by atoms with Crippen LogP contribution >= 0.6 is 0 Å². The molecule has 0 aromatic carbocycles. The zero-order valence-electron chi connectivity index (χ0n) is 18.6. The summed E-state index contributed by atoms with van der Waals surface area (Å²) in [7, 11) is 3.73. The van der Waals surface area contributed by atoms with Gasteiger partial charge in [0, 0.05) is 45.4 Å². The molecule has 4 aliphatic rings. The maximum Gasteiger partial charge on any atom is 0.410 e. The van der Waals surface area contributed by atoms with Crippen molar-refractivity contribution in [3.8, 4) is 0 Å². The van der Waals surface area contributed by atoms with Crippen molar-refractivity contribution in [1.29, 1.82) is 0 Å². The Morgan fingerprint density at radius 1 is 1.32 bits per heavy atom. The van der Waals surface area contributed by atoms with E-state index in [2.05, 4.69) is 27.6 Å². The quantitative estimate of drug-likeness (QED) is 0.603. The van der Waals surface area contributed by atoms with Gasteiger partial charge >= 0.3 is 6.09 Å². The molecule has 9 heteroatoms. The fourth-order valence-corrected chi connectivity index (χ4v) is 5.13. The van der Waals surface area contributed by atoms with Crippen molar-refractivity contribution in [2.24, 2.45) is 16.3 Å². The van der Waals surface area contributed by atoms with Crippen LogP contribution in [-0.4, -0.2) is 92.4 Å². The molecule has 1 saturated carbocycles. The number of carbonyl (C=O) groups excluding carboxylic acids is 3. The minimum absolute atomic E-state index is 0.0323. The van der Waals surface area contributed by atoms with E-state index < -0.39 is 6.04 Å². The highest BCUT2D eigenvalue weighted by Gasteiger charge is 2.56. The van der Waals surface area contributed by atoms with Crippen LogP contribution in [-0.2, 0) is 14.3 Å². The van der Waals surface area contributed by atoms with Gasteiger partial charge in [0.05, 0.1) is 6.04 Å². The Balaban J connectivity index is 1.38. The minimum Gasteiger partial charge on any atom is -0.446 e. The summed E-state index contributed by atoms with van der Waals surface area (Å²) in [6.45, 7) is 3.10. The number of piperidine rings is 1. The van der Waals surface area contributed by atoms with Crippen molar-refractivity contribution in [3.05, 3.63) is 0 Å². The fourth-order valence-electron chi connectivity index (χ4n) is 5.13. The molecule has 1 spiro atoms. The van der Waals surface area contributed by atoms with Gasteiger partial charge in [-0.05, 0) is 57.4 Å². The zero-order chi connectivity index (χ0) is 22.0. The van der Waals surface area contributed by atoms with Crippen molar-refractivity contribution in [2.45, 2.75) is 63.1 Å². The predicted octanol–water partition coefficient (Wildman–Crippen LogP) is 0.783. The van der Waals surface area contributed by atoms with E-state index in [1.807, 2.05) is 0 Å². The molecule has 3 aliphatic heterocycles. The van der Waals surface area contributed by atoms with Gasteiger partial charge in [-0.2, -0.15) is 0 Å². The highest BCUT2D eigenvalue weighted by Crippen LogP contribution is 2.55. The number of ether oxygens (including phenoxy) is 1. The van der Waals surface area contributed by atoms with Crippen LogP contribution in [0.1, 0.15) is 44.9 Å². The molecule has 3 unspecified atom stereocenters. The summed E-state index contributed by atoms with van der Waals surface area (Å²) in [5.74, 6) is -0.260. The lowest BCUT2D eigenvalue weighted by molar-refractivity contribution is -0.126. The van der Waals surface area contributed by atoms with Crippen LogP contribution in [0.15, 0.2) is 4.99 Å². The summed E-state index contributed by atoms with van der Waals surface area (Å²) in [5, 5.41) is 5.88. The largest absolute Gasteiger partial charge is 0.446 e. The topological polar surface area (TPSA) is 103 Å². The summed E-state index contributed by atoms with van der Waals surface area (Å²) < 4.78 is 5.80. The van der Waals surface area contributed by atoms with E-state index in [4.69, 9.17) is 4.74 Å². The van der Waals surface area contributed by atoms with Crippen LogP contribution in [0.5, 0.6) is 0 Å². The number of nitrogens with zero attached hydrogens (tertiary/aromatic N) is 3. The molecule has 3 saturated heterocycles. The van der Waals surface area contributed by atoms with Gasteiger partial charge in [-0.3, -0.25) is 19.5 Å². The van der Waals surface area contributed by atoms with E-state index in [1.165, 1.54) is 0 Å². The second-order valence-corrected chi connectivity index (χ2v) is 9.77. The molecule has 4 fully saturated rings. The Kier molecular flexibility index (Phi) is 6.50. The normalized spacial score (nSPS) is 29.4. The zero-order valence-corrected chi connectivity index (χ0v) is 18.6. The van der Waals surface area contributed by atoms with Gasteiger partial charge in [0.1, 0.15) is 12.1 Å². The van der Waals surface area contributed by atoms with Crippen LogP contribution < -0.4 is 10.6 Å². The van der Waals surface area contributed by atoms with Crippen LogP contribution in [0.4, 0.5) is 4.79 Å². The summed E-state index contributed by atoms with van der Waals surface area (Å²) in [5.41, 5.74) is 0.0769. The molecule has 0 aromatic heterocycles. The second kappa shape index (κ2) is 9.14. The molecule has 1 aliphatic carbocycles. The van der Waals surface area contributed by atoms with Crippen molar-refractivity contribution < 1.29 is 19.1 Å². The van der Waals surface area contributed by atoms with E-state index in [0.717, 1.165) is 45.2 Å². The summed E-state index contributed by atoms with van der Waals surface area (Å²) in [6.07, 6.45) is 6.98. The minimum atomic E-state index is -0.522. The second-order valence-electron chi connectivity index (χ2n) is 9.77. The van der Waals surface area contributed by atoms with Crippen LogP contribution in [0.3, 0.4) is 0 Å². The van der Waals surface area contributed by atoms with Crippen LogP contribution in [0.25, 0.3) is 0 Å². The monoisotopic (exact) mass is 433 g/mol. The smallest absolute Gasteiger partial charge is 0.410 e. The Morgan fingerprint density at radius 2 is 2.06 bits per heavy atom. The van der Waals surface area contributed by atoms with Gasteiger partial charge in [0.2, 0.25) is 11.8 Å². The molecular weight excluding hydrogens is 398 g/mol. The summed E-state index contributed by atoms with van der Waals surface area (Å²) in [4.78, 5) is 46.1. The van der Waals surface area contributed by atoms with Gasteiger partial charge in [0.25, 0.3) is 0 Å². The van der Waals surface area contributed by atoms with E-state index in [9.17, 15) is 14.4 Å². The van der Waals surface area contributed by atoms with E-state index in [1.54, 1.807) is 18.2 Å². The number of carbonyl (C=O) groups is 3. The molecule has 0 radical (unpaired) electrons. The Bertz CT molecular complexity index is 729. The number of likely N-dealkylation sites (tertiary alicyclic amines) is 2. The lowest BCUT2D eigenvalue weighted by Gasteiger charge is -2.31. The number of nitrogens with one attached hydrogen (secondary N) is 2. The average Bonchev–Trinajstić information content (AvgIpc) is 3.19. The first-order valence-electron chi connectivity index (χ1n) is 11.6. The number of aliphatic imine (C=N–C) groups is 1. The molecule has 3 heterocycles.